The Balaban J connectivity index is 1.62. The van der Waals surface area contributed by atoms with Gasteiger partial charge in [0.05, 0.1) is 23.2 Å². The number of fused-ring (bicyclic) bond motifs is 2. The molecule has 4 nitrogen and oxygen atoms in total. The first kappa shape index (κ1) is 17.5. The van der Waals surface area contributed by atoms with Crippen molar-refractivity contribution >= 4 is 23.5 Å². The van der Waals surface area contributed by atoms with Gasteiger partial charge in [0.15, 0.2) is 0 Å². The Labute approximate surface area is 160 Å². The number of aryl methyl sites for hydroxylation is 1. The second-order valence-electron chi connectivity index (χ2n) is 8.32. The van der Waals surface area contributed by atoms with E-state index in [0.717, 1.165) is 29.3 Å². The summed E-state index contributed by atoms with van der Waals surface area (Å²) in [5.41, 5.74) is 4.33. The summed E-state index contributed by atoms with van der Waals surface area (Å²) in [5.74, 6) is 0.729. The van der Waals surface area contributed by atoms with Crippen molar-refractivity contribution in [2.75, 3.05) is 0 Å². The average molecular weight is 369 g/mol. The Morgan fingerprint density at radius 2 is 1.96 bits per heavy atom. The molecule has 0 unspecified atom stereocenters. The lowest BCUT2D eigenvalue weighted by molar-refractivity contribution is 0.194. The fourth-order valence-corrected chi connectivity index (χ4v) is 4.95. The van der Waals surface area contributed by atoms with Gasteiger partial charge in [0.2, 0.25) is 0 Å². The standard InChI is InChI=1S/C21H25ClN4/c1-14-17(19(22)26(25-14)16-8-6-5-7-9-16)13-23-24-18-12-15-10-11-21(18,4)20(15,2)3/h5-9,13,15H,10-12H2,1-4H3/b23-13-,24-18-/t15-,21-/m0/s1. The van der Waals surface area contributed by atoms with Crippen molar-refractivity contribution in [3.63, 3.8) is 0 Å². The fraction of sp³-hybridized carbons (Fsp3) is 0.476. The number of para-hydroxylation sites is 1. The third-order valence-electron chi connectivity index (χ3n) is 6.93. The lowest BCUT2D eigenvalue weighted by Gasteiger charge is -2.34. The Hall–Kier alpha value is -1.94. The first-order valence-electron chi connectivity index (χ1n) is 9.25. The molecule has 0 spiro atoms. The molecule has 26 heavy (non-hydrogen) atoms. The van der Waals surface area contributed by atoms with Gasteiger partial charge in [-0.2, -0.15) is 15.3 Å². The van der Waals surface area contributed by atoms with E-state index in [1.165, 1.54) is 18.6 Å². The minimum atomic E-state index is 0.169. The van der Waals surface area contributed by atoms with Crippen LogP contribution in [0.3, 0.4) is 0 Å². The highest BCUT2D eigenvalue weighted by Gasteiger charge is 2.59. The van der Waals surface area contributed by atoms with Crippen LogP contribution < -0.4 is 0 Å². The molecule has 0 N–H and O–H groups in total. The first-order chi connectivity index (χ1) is 12.3. The maximum Gasteiger partial charge on any atom is 0.142 e. The minimum Gasteiger partial charge on any atom is -0.221 e. The van der Waals surface area contributed by atoms with Crippen molar-refractivity contribution in [2.24, 2.45) is 27.0 Å². The second-order valence-corrected chi connectivity index (χ2v) is 8.68. The molecule has 0 saturated heterocycles. The predicted molar refractivity (Wildman–Crippen MR) is 108 cm³/mol. The van der Waals surface area contributed by atoms with Gasteiger partial charge in [0.25, 0.3) is 0 Å². The van der Waals surface area contributed by atoms with Crippen molar-refractivity contribution in [1.82, 2.24) is 9.78 Å². The largest absolute Gasteiger partial charge is 0.221 e. The van der Waals surface area contributed by atoms with Gasteiger partial charge >= 0.3 is 0 Å². The predicted octanol–water partition coefficient (Wildman–Crippen LogP) is 5.46. The molecule has 2 atom stereocenters. The van der Waals surface area contributed by atoms with E-state index in [1.807, 2.05) is 37.3 Å². The summed E-state index contributed by atoms with van der Waals surface area (Å²) in [4.78, 5) is 0. The molecule has 2 saturated carbocycles. The van der Waals surface area contributed by atoms with Crippen LogP contribution in [0.4, 0.5) is 0 Å². The molecular formula is C21H25ClN4. The maximum absolute atomic E-state index is 6.56. The van der Waals surface area contributed by atoms with Gasteiger partial charge in [-0.25, -0.2) is 4.68 Å². The van der Waals surface area contributed by atoms with Crippen LogP contribution in [0, 0.1) is 23.7 Å². The maximum atomic E-state index is 6.56. The molecule has 2 fully saturated rings. The van der Waals surface area contributed by atoms with Crippen LogP contribution in [0.25, 0.3) is 5.69 Å². The molecular weight excluding hydrogens is 344 g/mol. The zero-order chi connectivity index (χ0) is 18.5. The molecule has 2 aliphatic rings. The number of aromatic nitrogens is 2. The molecule has 0 aliphatic heterocycles. The van der Waals surface area contributed by atoms with Gasteiger partial charge in [-0.05, 0) is 49.7 Å². The molecule has 1 aromatic heterocycles. The number of nitrogens with zero attached hydrogens (tertiary/aromatic N) is 4. The Morgan fingerprint density at radius 3 is 2.58 bits per heavy atom. The Morgan fingerprint density at radius 1 is 1.23 bits per heavy atom. The highest BCUT2D eigenvalue weighted by atomic mass is 35.5. The van der Waals surface area contributed by atoms with Crippen molar-refractivity contribution < 1.29 is 0 Å². The molecule has 136 valence electrons. The van der Waals surface area contributed by atoms with Gasteiger partial charge < -0.3 is 0 Å². The minimum absolute atomic E-state index is 0.169. The Kier molecular flexibility index (Phi) is 4.07. The summed E-state index contributed by atoms with van der Waals surface area (Å²) in [6.07, 6.45) is 5.34. The molecule has 0 radical (unpaired) electrons. The summed E-state index contributed by atoms with van der Waals surface area (Å²) in [6.45, 7) is 9.05. The average Bonchev–Trinajstić information content (AvgIpc) is 3.10. The second kappa shape index (κ2) is 6.05. The molecule has 0 amide bonds. The van der Waals surface area contributed by atoms with E-state index in [1.54, 1.807) is 10.9 Å². The fourth-order valence-electron chi connectivity index (χ4n) is 4.63. The van der Waals surface area contributed by atoms with Crippen molar-refractivity contribution in [2.45, 2.75) is 47.0 Å². The van der Waals surface area contributed by atoms with Crippen molar-refractivity contribution in [1.29, 1.82) is 0 Å². The molecule has 1 aromatic carbocycles. The number of hydrogen-bond acceptors (Lipinski definition) is 3. The normalized spacial score (nSPS) is 28.5. The summed E-state index contributed by atoms with van der Waals surface area (Å²) in [5, 5.41) is 14.1. The lowest BCUT2D eigenvalue weighted by atomic mass is 9.70. The molecule has 2 aromatic rings. The first-order valence-corrected chi connectivity index (χ1v) is 9.63. The van der Waals surface area contributed by atoms with Crippen LogP contribution in [0.1, 0.15) is 51.3 Å². The SMILES string of the molecule is Cc1nn(-c2ccccc2)c(Cl)c1/C=N\N=C1\C[C@@H]2CC[C@]1(C)C2(C)C. The van der Waals surface area contributed by atoms with E-state index in [9.17, 15) is 0 Å². The molecule has 2 aliphatic carbocycles. The highest BCUT2D eigenvalue weighted by Crippen LogP contribution is 2.63. The van der Waals surface area contributed by atoms with Crippen LogP contribution in [-0.2, 0) is 0 Å². The van der Waals surface area contributed by atoms with Crippen LogP contribution in [-0.4, -0.2) is 21.7 Å². The molecule has 1 heterocycles. The number of rotatable bonds is 3. The van der Waals surface area contributed by atoms with Gasteiger partial charge in [0, 0.05) is 11.1 Å². The Bertz CT molecular complexity index is 894. The van der Waals surface area contributed by atoms with Crippen LogP contribution >= 0.6 is 11.6 Å². The zero-order valence-electron chi connectivity index (χ0n) is 15.8. The van der Waals surface area contributed by atoms with E-state index in [0.29, 0.717) is 10.6 Å². The van der Waals surface area contributed by atoms with Gasteiger partial charge in [0.1, 0.15) is 5.15 Å². The number of benzene rings is 1. The lowest BCUT2D eigenvalue weighted by Crippen LogP contribution is -2.32. The van der Waals surface area contributed by atoms with E-state index >= 15 is 0 Å². The van der Waals surface area contributed by atoms with Crippen molar-refractivity contribution in [3.05, 3.63) is 46.7 Å². The summed E-state index contributed by atoms with van der Waals surface area (Å²) >= 11 is 6.56. The van der Waals surface area contributed by atoms with E-state index in [-0.39, 0.29) is 5.41 Å². The van der Waals surface area contributed by atoms with Crippen LogP contribution in [0.5, 0.6) is 0 Å². The number of halogens is 1. The summed E-state index contributed by atoms with van der Waals surface area (Å²) in [7, 11) is 0. The summed E-state index contributed by atoms with van der Waals surface area (Å²) in [6, 6.07) is 9.89. The van der Waals surface area contributed by atoms with Crippen molar-refractivity contribution in [3.8, 4) is 5.69 Å². The molecule has 4 rings (SSSR count). The van der Waals surface area contributed by atoms with Crippen LogP contribution in [0.15, 0.2) is 40.5 Å². The highest BCUT2D eigenvalue weighted by molar-refractivity contribution is 6.32. The quantitative estimate of drug-likeness (QED) is 0.524. The smallest absolute Gasteiger partial charge is 0.142 e. The third-order valence-corrected chi connectivity index (χ3v) is 7.29. The van der Waals surface area contributed by atoms with Gasteiger partial charge in [-0.15, -0.1) is 0 Å². The van der Waals surface area contributed by atoms with E-state index in [4.69, 9.17) is 11.6 Å². The monoisotopic (exact) mass is 368 g/mol. The molecule has 5 heteroatoms. The van der Waals surface area contributed by atoms with E-state index in [2.05, 4.69) is 36.1 Å². The third kappa shape index (κ3) is 2.46. The van der Waals surface area contributed by atoms with Gasteiger partial charge in [-0.1, -0.05) is 50.6 Å². The molecule has 2 bridgehead atoms. The number of hydrogen-bond donors (Lipinski definition) is 0. The van der Waals surface area contributed by atoms with Gasteiger partial charge in [-0.3, -0.25) is 0 Å². The topological polar surface area (TPSA) is 42.5 Å². The zero-order valence-corrected chi connectivity index (χ0v) is 16.6. The van der Waals surface area contributed by atoms with E-state index < -0.39 is 0 Å². The summed E-state index contributed by atoms with van der Waals surface area (Å²) < 4.78 is 1.74. The van der Waals surface area contributed by atoms with Crippen LogP contribution in [0.2, 0.25) is 5.15 Å².